The Morgan fingerprint density at radius 2 is 2.00 bits per heavy atom. The number of nitrogens with one attached hydrogen (secondary N) is 1. The Morgan fingerprint density at radius 3 is 2.78 bits per heavy atom. The van der Waals surface area contributed by atoms with E-state index in [-0.39, 0.29) is 5.91 Å². The molecule has 1 N–H and O–H groups in total. The lowest BCUT2D eigenvalue weighted by atomic mass is 10.2. The molecule has 1 amide bonds. The van der Waals surface area contributed by atoms with Crippen LogP contribution >= 0.6 is 34.4 Å². The second-order valence-corrected chi connectivity index (χ2v) is 7.95. The quantitative estimate of drug-likeness (QED) is 0.638. The van der Waals surface area contributed by atoms with Gasteiger partial charge in [-0.05, 0) is 17.9 Å². The summed E-state index contributed by atoms with van der Waals surface area (Å²) in [6, 6.07) is 14.2. The van der Waals surface area contributed by atoms with Gasteiger partial charge in [-0.2, -0.15) is 0 Å². The lowest BCUT2D eigenvalue weighted by Crippen LogP contribution is -2.27. The third-order valence-electron chi connectivity index (χ3n) is 3.15. The summed E-state index contributed by atoms with van der Waals surface area (Å²) in [6.45, 7) is 0.688. The third-order valence-corrected chi connectivity index (χ3v) is 6.11. The van der Waals surface area contributed by atoms with E-state index < -0.39 is 0 Å². The molecular formula is C17H16N2OS3. The molecule has 0 fully saturated rings. The van der Waals surface area contributed by atoms with Crippen molar-refractivity contribution in [1.29, 1.82) is 0 Å². The topological polar surface area (TPSA) is 42.0 Å². The van der Waals surface area contributed by atoms with Crippen LogP contribution in [0.5, 0.6) is 0 Å². The van der Waals surface area contributed by atoms with E-state index in [2.05, 4.69) is 21.7 Å². The molecular weight excluding hydrogens is 344 g/mol. The van der Waals surface area contributed by atoms with Crippen molar-refractivity contribution >= 4 is 40.3 Å². The predicted octanol–water partition coefficient (Wildman–Crippen LogP) is 4.32. The number of thiophene rings is 1. The van der Waals surface area contributed by atoms with Crippen LogP contribution in [0.3, 0.4) is 0 Å². The SMILES string of the molecule is O=C(CSc1nc(-c2ccccc2)cs1)NCCc1cccs1. The van der Waals surface area contributed by atoms with Crippen molar-refractivity contribution < 1.29 is 4.79 Å². The highest BCUT2D eigenvalue weighted by molar-refractivity contribution is 8.01. The van der Waals surface area contributed by atoms with Crippen molar-refractivity contribution in [3.63, 3.8) is 0 Å². The van der Waals surface area contributed by atoms with Gasteiger partial charge in [0.05, 0.1) is 11.4 Å². The van der Waals surface area contributed by atoms with Gasteiger partial charge in [-0.3, -0.25) is 4.79 Å². The van der Waals surface area contributed by atoms with Gasteiger partial charge in [-0.1, -0.05) is 48.2 Å². The molecule has 3 aromatic rings. The zero-order chi connectivity index (χ0) is 15.9. The van der Waals surface area contributed by atoms with Gasteiger partial charge in [0.25, 0.3) is 0 Å². The van der Waals surface area contributed by atoms with E-state index in [1.807, 2.05) is 41.8 Å². The first-order chi connectivity index (χ1) is 11.3. The highest BCUT2D eigenvalue weighted by atomic mass is 32.2. The molecule has 0 unspecified atom stereocenters. The lowest BCUT2D eigenvalue weighted by Gasteiger charge is -2.02. The summed E-state index contributed by atoms with van der Waals surface area (Å²) in [5.41, 5.74) is 2.08. The summed E-state index contributed by atoms with van der Waals surface area (Å²) in [5.74, 6) is 0.467. The summed E-state index contributed by atoms with van der Waals surface area (Å²) in [5, 5.41) is 7.04. The second-order valence-electron chi connectivity index (χ2n) is 4.83. The molecule has 0 bridgehead atoms. The minimum Gasteiger partial charge on any atom is -0.355 e. The lowest BCUT2D eigenvalue weighted by molar-refractivity contribution is -0.118. The molecule has 23 heavy (non-hydrogen) atoms. The Balaban J connectivity index is 1.43. The standard InChI is InChI=1S/C17H16N2OS3/c20-16(18-9-8-14-7-4-10-21-14)12-23-17-19-15(11-22-17)13-5-2-1-3-6-13/h1-7,10-11H,8-9,12H2,(H,18,20). The molecule has 0 aliphatic rings. The number of carbonyl (C=O) groups is 1. The number of hydrogen-bond donors (Lipinski definition) is 1. The Kier molecular flexibility index (Phi) is 5.85. The zero-order valence-electron chi connectivity index (χ0n) is 12.4. The molecule has 0 radical (unpaired) electrons. The van der Waals surface area contributed by atoms with Crippen LogP contribution in [0.2, 0.25) is 0 Å². The highest BCUT2D eigenvalue weighted by Crippen LogP contribution is 2.27. The molecule has 2 aromatic heterocycles. The number of amides is 1. The van der Waals surface area contributed by atoms with Crippen LogP contribution in [-0.4, -0.2) is 23.2 Å². The van der Waals surface area contributed by atoms with Gasteiger partial charge in [0.15, 0.2) is 4.34 Å². The van der Waals surface area contributed by atoms with Crippen LogP contribution in [0.15, 0.2) is 57.6 Å². The van der Waals surface area contributed by atoms with Gasteiger partial charge >= 0.3 is 0 Å². The van der Waals surface area contributed by atoms with Crippen LogP contribution in [0.1, 0.15) is 4.88 Å². The van der Waals surface area contributed by atoms with Gasteiger partial charge in [0.1, 0.15) is 0 Å². The van der Waals surface area contributed by atoms with Crippen LogP contribution in [0.4, 0.5) is 0 Å². The first-order valence-corrected chi connectivity index (χ1v) is 9.98. The fourth-order valence-electron chi connectivity index (χ4n) is 2.02. The van der Waals surface area contributed by atoms with Crippen molar-refractivity contribution in [1.82, 2.24) is 10.3 Å². The average molecular weight is 361 g/mol. The molecule has 0 aliphatic heterocycles. The number of hydrogen-bond acceptors (Lipinski definition) is 5. The molecule has 1 aromatic carbocycles. The molecule has 6 heteroatoms. The van der Waals surface area contributed by atoms with Gasteiger partial charge < -0.3 is 5.32 Å². The number of rotatable bonds is 7. The van der Waals surface area contributed by atoms with E-state index in [4.69, 9.17) is 0 Å². The molecule has 3 rings (SSSR count). The Hall–Kier alpha value is -1.63. The predicted molar refractivity (Wildman–Crippen MR) is 99.3 cm³/mol. The number of thioether (sulfide) groups is 1. The number of nitrogens with zero attached hydrogens (tertiary/aromatic N) is 1. The second kappa shape index (κ2) is 8.29. The first-order valence-electron chi connectivity index (χ1n) is 7.24. The minimum absolute atomic E-state index is 0.0583. The molecule has 0 spiro atoms. The smallest absolute Gasteiger partial charge is 0.230 e. The maximum Gasteiger partial charge on any atom is 0.230 e. The van der Waals surface area contributed by atoms with Crippen molar-refractivity contribution in [3.05, 3.63) is 58.1 Å². The largest absolute Gasteiger partial charge is 0.355 e. The monoisotopic (exact) mass is 360 g/mol. The van der Waals surface area contributed by atoms with Gasteiger partial charge in [0.2, 0.25) is 5.91 Å². The summed E-state index contributed by atoms with van der Waals surface area (Å²) in [4.78, 5) is 17.7. The van der Waals surface area contributed by atoms with E-state index in [0.29, 0.717) is 12.3 Å². The average Bonchev–Trinajstić information content (AvgIpc) is 3.25. The normalized spacial score (nSPS) is 10.6. The van der Waals surface area contributed by atoms with E-state index in [9.17, 15) is 4.79 Å². The number of aromatic nitrogens is 1. The van der Waals surface area contributed by atoms with Crippen molar-refractivity contribution in [2.24, 2.45) is 0 Å². The Bertz CT molecular complexity index is 738. The van der Waals surface area contributed by atoms with E-state index in [1.165, 1.54) is 16.6 Å². The Labute approximate surface area is 147 Å². The zero-order valence-corrected chi connectivity index (χ0v) is 14.8. The molecule has 0 saturated carbocycles. The first kappa shape index (κ1) is 16.2. The molecule has 3 nitrogen and oxygen atoms in total. The molecule has 0 aliphatic carbocycles. The van der Waals surface area contributed by atoms with Crippen molar-refractivity contribution in [2.75, 3.05) is 12.3 Å². The van der Waals surface area contributed by atoms with E-state index in [0.717, 1.165) is 22.0 Å². The fraction of sp³-hybridized carbons (Fsp3) is 0.176. The molecule has 0 saturated heterocycles. The minimum atomic E-state index is 0.0583. The van der Waals surface area contributed by atoms with E-state index in [1.54, 1.807) is 22.7 Å². The molecule has 2 heterocycles. The fourth-order valence-corrected chi connectivity index (χ4v) is 4.40. The van der Waals surface area contributed by atoms with Crippen LogP contribution in [0, 0.1) is 0 Å². The number of carbonyl (C=O) groups excluding carboxylic acids is 1. The van der Waals surface area contributed by atoms with Crippen LogP contribution in [-0.2, 0) is 11.2 Å². The number of thiazole rings is 1. The third kappa shape index (κ3) is 4.92. The van der Waals surface area contributed by atoms with Crippen molar-refractivity contribution in [2.45, 2.75) is 10.8 Å². The van der Waals surface area contributed by atoms with Gasteiger partial charge in [-0.15, -0.1) is 22.7 Å². The molecule has 118 valence electrons. The summed E-state index contributed by atoms with van der Waals surface area (Å²) >= 11 is 4.79. The Morgan fingerprint density at radius 1 is 1.13 bits per heavy atom. The number of benzene rings is 1. The summed E-state index contributed by atoms with van der Waals surface area (Å²) < 4.78 is 0.928. The van der Waals surface area contributed by atoms with Crippen LogP contribution in [0.25, 0.3) is 11.3 Å². The van der Waals surface area contributed by atoms with Gasteiger partial charge in [0, 0.05) is 22.4 Å². The highest BCUT2D eigenvalue weighted by Gasteiger charge is 2.07. The van der Waals surface area contributed by atoms with Crippen molar-refractivity contribution in [3.8, 4) is 11.3 Å². The summed E-state index contributed by atoms with van der Waals surface area (Å²) in [7, 11) is 0. The summed E-state index contributed by atoms with van der Waals surface area (Å²) in [6.07, 6.45) is 0.892. The maximum atomic E-state index is 11.9. The van der Waals surface area contributed by atoms with E-state index >= 15 is 0 Å². The van der Waals surface area contributed by atoms with Crippen LogP contribution < -0.4 is 5.32 Å². The van der Waals surface area contributed by atoms with Gasteiger partial charge in [-0.25, -0.2) is 4.98 Å². The molecule has 0 atom stereocenters. The maximum absolute atomic E-state index is 11.9.